The quantitative estimate of drug-likeness (QED) is 0.772. The van der Waals surface area contributed by atoms with Crippen LogP contribution in [0.4, 0.5) is 0 Å². The average Bonchev–Trinajstić information content (AvgIpc) is 2.28. The number of sulfone groups is 1. The van der Waals surface area contributed by atoms with Gasteiger partial charge in [-0.3, -0.25) is 4.79 Å². The number of benzene rings is 1. The first-order valence-electron chi connectivity index (χ1n) is 5.12. The van der Waals surface area contributed by atoms with Crippen LogP contribution in [0.2, 0.25) is 5.02 Å². The number of ether oxygens (including phenoxy) is 2. The fourth-order valence-corrected chi connectivity index (χ4v) is 2.74. The number of methoxy groups -OCH3 is 1. The molecule has 18 heavy (non-hydrogen) atoms. The maximum absolute atomic E-state index is 11.9. The lowest BCUT2D eigenvalue weighted by Crippen LogP contribution is -2.18. The van der Waals surface area contributed by atoms with Crippen LogP contribution in [-0.2, 0) is 19.4 Å². The maximum atomic E-state index is 11.9. The molecule has 0 radical (unpaired) electrons. The molecule has 0 aromatic heterocycles. The van der Waals surface area contributed by atoms with Crippen LogP contribution in [0.5, 0.6) is 5.75 Å². The zero-order valence-electron chi connectivity index (χ0n) is 9.97. The molecule has 100 valence electrons. The topological polar surface area (TPSA) is 69.7 Å². The van der Waals surface area contributed by atoms with Gasteiger partial charge in [0.1, 0.15) is 5.75 Å². The molecular formula is C11H13ClO5S. The number of carbonyl (C=O) groups excluding carboxylic acids is 1. The van der Waals surface area contributed by atoms with E-state index in [4.69, 9.17) is 16.3 Å². The first-order chi connectivity index (χ1) is 8.40. The van der Waals surface area contributed by atoms with Crippen molar-refractivity contribution in [1.82, 2.24) is 0 Å². The van der Waals surface area contributed by atoms with Gasteiger partial charge < -0.3 is 9.47 Å². The van der Waals surface area contributed by atoms with Gasteiger partial charge in [-0.25, -0.2) is 8.42 Å². The molecule has 0 aliphatic heterocycles. The third kappa shape index (κ3) is 3.61. The largest absolute Gasteiger partial charge is 0.495 e. The second kappa shape index (κ2) is 6.06. The van der Waals surface area contributed by atoms with Gasteiger partial charge in [0, 0.05) is 0 Å². The zero-order chi connectivity index (χ0) is 13.8. The monoisotopic (exact) mass is 292 g/mol. The smallest absolute Gasteiger partial charge is 0.321 e. The van der Waals surface area contributed by atoms with E-state index in [1.54, 1.807) is 6.92 Å². The van der Waals surface area contributed by atoms with Crippen LogP contribution in [0, 0.1) is 0 Å². The molecule has 0 heterocycles. The highest BCUT2D eigenvalue weighted by atomic mass is 35.5. The summed E-state index contributed by atoms with van der Waals surface area (Å²) in [6.45, 7) is 1.74. The number of esters is 1. The Balaban J connectivity index is 2.99. The van der Waals surface area contributed by atoms with E-state index < -0.39 is 21.6 Å². The summed E-state index contributed by atoms with van der Waals surface area (Å²) in [5.74, 6) is -1.13. The molecule has 0 unspecified atom stereocenters. The summed E-state index contributed by atoms with van der Waals surface area (Å²) in [5, 5.41) is 0.169. The Morgan fingerprint density at radius 2 is 2.06 bits per heavy atom. The van der Waals surface area contributed by atoms with Crippen LogP contribution in [0.3, 0.4) is 0 Å². The zero-order valence-corrected chi connectivity index (χ0v) is 11.5. The number of rotatable bonds is 5. The van der Waals surface area contributed by atoms with Gasteiger partial charge in [0.15, 0.2) is 15.6 Å². The maximum Gasteiger partial charge on any atom is 0.321 e. The molecule has 5 nitrogen and oxygen atoms in total. The van der Waals surface area contributed by atoms with Crippen molar-refractivity contribution in [2.45, 2.75) is 11.8 Å². The van der Waals surface area contributed by atoms with Crippen molar-refractivity contribution in [3.63, 3.8) is 0 Å². The van der Waals surface area contributed by atoms with Gasteiger partial charge in [0.2, 0.25) is 0 Å². The summed E-state index contributed by atoms with van der Waals surface area (Å²) < 4.78 is 33.3. The molecule has 1 aromatic carbocycles. The molecule has 0 atom stereocenters. The second-order valence-corrected chi connectivity index (χ2v) is 5.76. The number of hydrogen-bond acceptors (Lipinski definition) is 5. The average molecular weight is 293 g/mol. The summed E-state index contributed by atoms with van der Waals surface area (Å²) in [5.41, 5.74) is 0. The predicted molar refractivity (Wildman–Crippen MR) is 66.7 cm³/mol. The van der Waals surface area contributed by atoms with E-state index in [2.05, 4.69) is 4.74 Å². The highest BCUT2D eigenvalue weighted by Crippen LogP contribution is 2.27. The Hall–Kier alpha value is -1.27. The van der Waals surface area contributed by atoms with E-state index in [1.807, 2.05) is 0 Å². The molecule has 0 saturated carbocycles. The predicted octanol–water partition coefficient (Wildman–Crippen LogP) is 1.69. The molecule has 0 fully saturated rings. The molecule has 1 aromatic rings. The molecule has 7 heteroatoms. The van der Waals surface area contributed by atoms with Crippen molar-refractivity contribution in [1.29, 1.82) is 0 Å². The highest BCUT2D eigenvalue weighted by Gasteiger charge is 2.21. The molecule has 0 saturated heterocycles. The van der Waals surface area contributed by atoms with E-state index in [-0.39, 0.29) is 16.5 Å². The Morgan fingerprint density at radius 1 is 1.39 bits per heavy atom. The van der Waals surface area contributed by atoms with Crippen LogP contribution in [0.1, 0.15) is 6.92 Å². The summed E-state index contributed by atoms with van der Waals surface area (Å²) in [4.78, 5) is 11.1. The SMILES string of the molecule is CCOC(=O)CS(=O)(=O)c1ccc(OC)c(Cl)c1. The summed E-state index contributed by atoms with van der Waals surface area (Å²) in [6.07, 6.45) is 0. The van der Waals surface area contributed by atoms with E-state index in [0.29, 0.717) is 5.75 Å². The molecule has 1 rings (SSSR count). The van der Waals surface area contributed by atoms with Crippen molar-refractivity contribution < 1.29 is 22.7 Å². The molecule has 0 aliphatic carbocycles. The molecule has 0 bridgehead atoms. The number of halogens is 1. The Morgan fingerprint density at radius 3 is 2.56 bits per heavy atom. The number of carbonyl (C=O) groups is 1. The van der Waals surface area contributed by atoms with Crippen LogP contribution in [0.25, 0.3) is 0 Å². The van der Waals surface area contributed by atoms with Gasteiger partial charge in [0.25, 0.3) is 0 Å². The molecule has 0 amide bonds. The van der Waals surface area contributed by atoms with Crippen molar-refractivity contribution in [2.75, 3.05) is 19.5 Å². The van der Waals surface area contributed by atoms with Gasteiger partial charge in [-0.2, -0.15) is 0 Å². The van der Waals surface area contributed by atoms with Crippen LogP contribution in [0.15, 0.2) is 23.1 Å². The van der Waals surface area contributed by atoms with Gasteiger partial charge in [-0.05, 0) is 25.1 Å². The lowest BCUT2D eigenvalue weighted by molar-refractivity contribution is -0.139. The molecular weight excluding hydrogens is 280 g/mol. The van der Waals surface area contributed by atoms with Crippen molar-refractivity contribution in [3.05, 3.63) is 23.2 Å². The van der Waals surface area contributed by atoms with Gasteiger partial charge in [0.05, 0.1) is 23.6 Å². The van der Waals surface area contributed by atoms with Crippen molar-refractivity contribution in [2.24, 2.45) is 0 Å². The fraction of sp³-hybridized carbons (Fsp3) is 0.364. The normalized spacial score (nSPS) is 11.1. The first kappa shape index (κ1) is 14.8. The summed E-state index contributed by atoms with van der Waals surface area (Å²) >= 11 is 5.83. The van der Waals surface area contributed by atoms with Crippen molar-refractivity contribution >= 4 is 27.4 Å². The molecule has 0 aliphatic rings. The van der Waals surface area contributed by atoms with Crippen LogP contribution < -0.4 is 4.74 Å². The highest BCUT2D eigenvalue weighted by molar-refractivity contribution is 7.92. The van der Waals surface area contributed by atoms with Gasteiger partial charge in [-0.1, -0.05) is 11.6 Å². The minimum atomic E-state index is -3.74. The molecule has 0 N–H and O–H groups in total. The van der Waals surface area contributed by atoms with Gasteiger partial charge in [-0.15, -0.1) is 0 Å². The van der Waals surface area contributed by atoms with Crippen LogP contribution in [-0.4, -0.2) is 33.9 Å². The standard InChI is InChI=1S/C11H13ClO5S/c1-3-17-11(13)7-18(14,15)8-4-5-10(16-2)9(12)6-8/h4-6H,3,7H2,1-2H3. The fourth-order valence-electron chi connectivity index (χ4n) is 1.28. The Bertz CT molecular complexity index is 538. The lowest BCUT2D eigenvalue weighted by atomic mass is 10.3. The van der Waals surface area contributed by atoms with Crippen LogP contribution >= 0.6 is 11.6 Å². The summed E-state index contributed by atoms with van der Waals surface area (Å²) in [6, 6.07) is 4.01. The van der Waals surface area contributed by atoms with E-state index in [1.165, 1.54) is 25.3 Å². The second-order valence-electron chi connectivity index (χ2n) is 3.36. The Labute approximate surface area is 111 Å². The summed E-state index contributed by atoms with van der Waals surface area (Å²) in [7, 11) is -2.32. The van der Waals surface area contributed by atoms with E-state index in [9.17, 15) is 13.2 Å². The first-order valence-corrected chi connectivity index (χ1v) is 7.15. The van der Waals surface area contributed by atoms with E-state index >= 15 is 0 Å². The Kier molecular flexibility index (Phi) is 4.98. The minimum Gasteiger partial charge on any atom is -0.495 e. The number of hydrogen-bond donors (Lipinski definition) is 0. The molecule has 0 spiro atoms. The van der Waals surface area contributed by atoms with Gasteiger partial charge >= 0.3 is 5.97 Å². The van der Waals surface area contributed by atoms with Crippen molar-refractivity contribution in [3.8, 4) is 5.75 Å². The third-order valence-electron chi connectivity index (χ3n) is 2.10. The third-order valence-corrected chi connectivity index (χ3v) is 3.98. The van der Waals surface area contributed by atoms with E-state index in [0.717, 1.165) is 0 Å². The lowest BCUT2D eigenvalue weighted by Gasteiger charge is -2.07. The minimum absolute atomic E-state index is 0.0404.